The van der Waals surface area contributed by atoms with Gasteiger partial charge in [0, 0.05) is 24.4 Å². The Hall–Kier alpha value is -1.77. The number of nitrogens with one attached hydrogen (secondary N) is 1. The van der Waals surface area contributed by atoms with E-state index >= 15 is 0 Å². The molecule has 90 valence electrons. The standard InChI is InChI=1S/C14H17NO2/c1-3-4-5-13-9-11-8-12(15-10(2)16)6-7-14(11)17-13/h6-9H,3-5H2,1-2H3,(H,15,16). The average molecular weight is 231 g/mol. The van der Waals surface area contributed by atoms with Crippen LogP contribution in [-0.2, 0) is 11.2 Å². The summed E-state index contributed by atoms with van der Waals surface area (Å²) in [6, 6.07) is 7.75. The average Bonchev–Trinajstić information content (AvgIpc) is 2.67. The van der Waals surface area contributed by atoms with Crippen molar-refractivity contribution in [1.29, 1.82) is 0 Å². The Kier molecular flexibility index (Phi) is 3.47. The summed E-state index contributed by atoms with van der Waals surface area (Å²) in [5.41, 5.74) is 1.69. The van der Waals surface area contributed by atoms with Crippen molar-refractivity contribution in [3.63, 3.8) is 0 Å². The maximum atomic E-state index is 11.0. The van der Waals surface area contributed by atoms with Crippen LogP contribution >= 0.6 is 0 Å². The van der Waals surface area contributed by atoms with Gasteiger partial charge in [-0.2, -0.15) is 0 Å². The first-order valence-electron chi connectivity index (χ1n) is 5.99. The molecule has 0 saturated heterocycles. The Balaban J connectivity index is 2.24. The molecule has 0 aliphatic heterocycles. The molecule has 0 saturated carbocycles. The van der Waals surface area contributed by atoms with Crippen molar-refractivity contribution in [3.05, 3.63) is 30.0 Å². The summed E-state index contributed by atoms with van der Waals surface area (Å²) in [5.74, 6) is 0.959. The van der Waals surface area contributed by atoms with Crippen molar-refractivity contribution in [2.75, 3.05) is 5.32 Å². The lowest BCUT2D eigenvalue weighted by atomic mass is 10.2. The predicted molar refractivity (Wildman–Crippen MR) is 69.1 cm³/mol. The Morgan fingerprint density at radius 2 is 2.18 bits per heavy atom. The molecule has 0 radical (unpaired) electrons. The zero-order valence-corrected chi connectivity index (χ0v) is 10.2. The highest BCUT2D eigenvalue weighted by Crippen LogP contribution is 2.24. The Labute approximate surface area is 101 Å². The normalized spacial score (nSPS) is 10.7. The first kappa shape index (κ1) is 11.7. The fourth-order valence-electron chi connectivity index (χ4n) is 1.85. The second kappa shape index (κ2) is 5.04. The number of rotatable bonds is 4. The third-order valence-corrected chi connectivity index (χ3v) is 2.66. The van der Waals surface area contributed by atoms with Crippen LogP contribution < -0.4 is 5.32 Å². The predicted octanol–water partition coefficient (Wildman–Crippen LogP) is 3.73. The Morgan fingerprint density at radius 1 is 1.35 bits per heavy atom. The minimum Gasteiger partial charge on any atom is -0.461 e. The highest BCUT2D eigenvalue weighted by atomic mass is 16.3. The molecule has 1 amide bonds. The molecule has 0 spiro atoms. The molecule has 2 aromatic rings. The van der Waals surface area contributed by atoms with E-state index in [4.69, 9.17) is 4.42 Å². The molecule has 0 aliphatic rings. The molecule has 1 N–H and O–H groups in total. The first-order valence-corrected chi connectivity index (χ1v) is 5.99. The van der Waals surface area contributed by atoms with Crippen molar-refractivity contribution in [2.45, 2.75) is 33.1 Å². The number of anilines is 1. The third-order valence-electron chi connectivity index (χ3n) is 2.66. The molecular formula is C14H17NO2. The second-order valence-corrected chi connectivity index (χ2v) is 4.25. The number of carbonyl (C=O) groups is 1. The van der Waals surface area contributed by atoms with Gasteiger partial charge < -0.3 is 9.73 Å². The molecule has 3 nitrogen and oxygen atoms in total. The van der Waals surface area contributed by atoms with Crippen LogP contribution in [0.1, 0.15) is 32.4 Å². The summed E-state index contributed by atoms with van der Waals surface area (Å²) >= 11 is 0. The SMILES string of the molecule is CCCCc1cc2cc(NC(C)=O)ccc2o1. The van der Waals surface area contributed by atoms with E-state index in [0.29, 0.717) is 0 Å². The number of amides is 1. The summed E-state index contributed by atoms with van der Waals surface area (Å²) < 4.78 is 5.72. The molecule has 1 heterocycles. The summed E-state index contributed by atoms with van der Waals surface area (Å²) in [7, 11) is 0. The number of aryl methyl sites for hydroxylation is 1. The number of benzene rings is 1. The van der Waals surface area contributed by atoms with Gasteiger partial charge in [-0.3, -0.25) is 4.79 Å². The van der Waals surface area contributed by atoms with Gasteiger partial charge in [0.15, 0.2) is 0 Å². The molecule has 1 aromatic heterocycles. The van der Waals surface area contributed by atoms with Crippen LogP contribution in [-0.4, -0.2) is 5.91 Å². The summed E-state index contributed by atoms with van der Waals surface area (Å²) in [5, 5.41) is 3.81. The number of furan rings is 1. The minimum absolute atomic E-state index is 0.0564. The molecule has 2 rings (SSSR count). The van der Waals surface area contributed by atoms with Gasteiger partial charge in [-0.25, -0.2) is 0 Å². The van der Waals surface area contributed by atoms with Gasteiger partial charge in [0.25, 0.3) is 0 Å². The van der Waals surface area contributed by atoms with Crippen LogP contribution in [0.15, 0.2) is 28.7 Å². The topological polar surface area (TPSA) is 42.2 Å². The monoisotopic (exact) mass is 231 g/mol. The lowest BCUT2D eigenvalue weighted by Gasteiger charge is -2.00. The lowest BCUT2D eigenvalue weighted by Crippen LogP contribution is -2.05. The zero-order valence-electron chi connectivity index (χ0n) is 10.2. The Bertz CT molecular complexity index is 528. The number of carbonyl (C=O) groups excluding carboxylic acids is 1. The van der Waals surface area contributed by atoms with Crippen LogP contribution in [0, 0.1) is 0 Å². The third kappa shape index (κ3) is 2.87. The van der Waals surface area contributed by atoms with Gasteiger partial charge in [-0.05, 0) is 30.7 Å². The minimum atomic E-state index is -0.0564. The van der Waals surface area contributed by atoms with Crippen molar-refractivity contribution in [2.24, 2.45) is 0 Å². The molecule has 17 heavy (non-hydrogen) atoms. The smallest absolute Gasteiger partial charge is 0.221 e. The van der Waals surface area contributed by atoms with Gasteiger partial charge in [-0.15, -0.1) is 0 Å². The van der Waals surface area contributed by atoms with Gasteiger partial charge in [0.1, 0.15) is 11.3 Å². The van der Waals surface area contributed by atoms with E-state index in [0.717, 1.165) is 41.7 Å². The molecule has 0 atom stereocenters. The molecule has 1 aromatic carbocycles. The van der Waals surface area contributed by atoms with Crippen molar-refractivity contribution < 1.29 is 9.21 Å². The zero-order chi connectivity index (χ0) is 12.3. The number of unbranched alkanes of at least 4 members (excludes halogenated alkanes) is 1. The van der Waals surface area contributed by atoms with Crippen LogP contribution in [0.2, 0.25) is 0 Å². The van der Waals surface area contributed by atoms with E-state index < -0.39 is 0 Å². The van der Waals surface area contributed by atoms with Crippen molar-refractivity contribution >= 4 is 22.6 Å². The lowest BCUT2D eigenvalue weighted by molar-refractivity contribution is -0.114. The molecule has 0 fully saturated rings. The van der Waals surface area contributed by atoms with E-state index in [1.165, 1.54) is 6.92 Å². The fraction of sp³-hybridized carbons (Fsp3) is 0.357. The fourth-order valence-corrected chi connectivity index (χ4v) is 1.85. The van der Waals surface area contributed by atoms with E-state index in [1.807, 2.05) is 18.2 Å². The highest BCUT2D eigenvalue weighted by Gasteiger charge is 2.04. The summed E-state index contributed by atoms with van der Waals surface area (Å²) in [6.45, 7) is 3.67. The van der Waals surface area contributed by atoms with Crippen LogP contribution in [0.3, 0.4) is 0 Å². The quantitative estimate of drug-likeness (QED) is 0.871. The molecular weight excluding hydrogens is 214 g/mol. The van der Waals surface area contributed by atoms with E-state index in [9.17, 15) is 4.79 Å². The van der Waals surface area contributed by atoms with Crippen LogP contribution in [0.4, 0.5) is 5.69 Å². The molecule has 3 heteroatoms. The van der Waals surface area contributed by atoms with Gasteiger partial charge in [-0.1, -0.05) is 13.3 Å². The Morgan fingerprint density at radius 3 is 2.88 bits per heavy atom. The van der Waals surface area contributed by atoms with Gasteiger partial charge in [0.2, 0.25) is 5.91 Å². The summed E-state index contributed by atoms with van der Waals surface area (Å²) in [6.07, 6.45) is 3.27. The number of hydrogen-bond donors (Lipinski definition) is 1. The first-order chi connectivity index (χ1) is 8.19. The summed E-state index contributed by atoms with van der Waals surface area (Å²) in [4.78, 5) is 11.0. The van der Waals surface area contributed by atoms with Crippen molar-refractivity contribution in [3.8, 4) is 0 Å². The van der Waals surface area contributed by atoms with Crippen molar-refractivity contribution in [1.82, 2.24) is 0 Å². The molecule has 0 bridgehead atoms. The molecule has 0 unspecified atom stereocenters. The van der Waals surface area contributed by atoms with E-state index in [2.05, 4.69) is 18.3 Å². The molecule has 0 aliphatic carbocycles. The number of fused-ring (bicyclic) bond motifs is 1. The highest BCUT2D eigenvalue weighted by molar-refractivity contribution is 5.92. The largest absolute Gasteiger partial charge is 0.461 e. The van der Waals surface area contributed by atoms with Gasteiger partial charge in [0.05, 0.1) is 0 Å². The van der Waals surface area contributed by atoms with Gasteiger partial charge >= 0.3 is 0 Å². The second-order valence-electron chi connectivity index (χ2n) is 4.25. The maximum absolute atomic E-state index is 11.0. The maximum Gasteiger partial charge on any atom is 0.221 e. The van der Waals surface area contributed by atoms with E-state index in [-0.39, 0.29) is 5.91 Å². The number of hydrogen-bond acceptors (Lipinski definition) is 2. The van der Waals surface area contributed by atoms with Crippen LogP contribution in [0.25, 0.3) is 11.0 Å². The van der Waals surface area contributed by atoms with E-state index in [1.54, 1.807) is 0 Å². The van der Waals surface area contributed by atoms with Crippen LogP contribution in [0.5, 0.6) is 0 Å².